The largest absolute Gasteiger partial charge is 0.514 e. The van der Waals surface area contributed by atoms with Gasteiger partial charge in [0.15, 0.2) is 11.4 Å². The van der Waals surface area contributed by atoms with Gasteiger partial charge in [0, 0.05) is 13.0 Å². The van der Waals surface area contributed by atoms with E-state index in [-0.39, 0.29) is 24.7 Å². The van der Waals surface area contributed by atoms with Crippen LogP contribution in [-0.2, 0) is 20.8 Å². The summed E-state index contributed by atoms with van der Waals surface area (Å²) in [6.07, 6.45) is 1.16. The third-order valence-electron chi connectivity index (χ3n) is 3.20. The minimum atomic E-state index is -0.855. The van der Waals surface area contributed by atoms with Crippen molar-refractivity contribution in [1.29, 1.82) is 0 Å². The predicted molar refractivity (Wildman–Crippen MR) is 92.2 cm³/mol. The van der Waals surface area contributed by atoms with Crippen molar-refractivity contribution in [1.82, 2.24) is 14.2 Å². The fourth-order valence-corrected chi connectivity index (χ4v) is 2.18. The molecule has 0 saturated heterocycles. The fourth-order valence-electron chi connectivity index (χ4n) is 2.18. The Morgan fingerprint density at radius 2 is 1.96 bits per heavy atom. The molecule has 2 heterocycles. The molecule has 0 amide bonds. The van der Waals surface area contributed by atoms with Gasteiger partial charge in [-0.2, -0.15) is 0 Å². The van der Waals surface area contributed by atoms with Gasteiger partial charge in [0.2, 0.25) is 0 Å². The number of esters is 1. The molecule has 0 N–H and O–H groups in total. The van der Waals surface area contributed by atoms with E-state index in [1.165, 1.54) is 21.3 Å². The summed E-state index contributed by atoms with van der Waals surface area (Å²) >= 11 is 0. The van der Waals surface area contributed by atoms with Crippen molar-refractivity contribution in [3.05, 3.63) is 28.8 Å². The Morgan fingerprint density at radius 1 is 1.23 bits per heavy atom. The van der Waals surface area contributed by atoms with Crippen molar-refractivity contribution in [3.63, 3.8) is 0 Å². The van der Waals surface area contributed by atoms with Crippen LogP contribution in [0.25, 0.3) is 5.65 Å². The van der Waals surface area contributed by atoms with Crippen LogP contribution in [0.2, 0.25) is 0 Å². The molecule has 0 bridgehead atoms. The second-order valence-corrected chi connectivity index (χ2v) is 6.57. The van der Waals surface area contributed by atoms with Crippen LogP contribution >= 0.6 is 0 Å². The maximum absolute atomic E-state index is 12.4. The Hall–Kier alpha value is -2.84. The van der Waals surface area contributed by atoms with Crippen molar-refractivity contribution in [2.45, 2.75) is 52.7 Å². The lowest BCUT2D eigenvalue weighted by Crippen LogP contribution is -2.26. The topological polar surface area (TPSA) is 101 Å². The molecule has 0 atom stereocenters. The zero-order chi connectivity index (χ0) is 19.3. The highest BCUT2D eigenvalue weighted by Gasteiger charge is 2.18. The Balaban J connectivity index is 2.07. The molecule has 2 aromatic rings. The summed E-state index contributed by atoms with van der Waals surface area (Å²) in [4.78, 5) is 35.4. The molecule has 0 fully saturated rings. The lowest BCUT2D eigenvalue weighted by molar-refractivity contribution is -0.143. The van der Waals surface area contributed by atoms with Gasteiger partial charge in [-0.15, -0.1) is 5.10 Å². The first-order valence-corrected chi connectivity index (χ1v) is 8.35. The van der Waals surface area contributed by atoms with Crippen LogP contribution in [0.1, 0.15) is 40.5 Å². The van der Waals surface area contributed by atoms with E-state index in [9.17, 15) is 14.4 Å². The summed E-state index contributed by atoms with van der Waals surface area (Å²) in [5, 5.41) is 4.18. The molecule has 0 aliphatic heterocycles. The van der Waals surface area contributed by atoms with Crippen molar-refractivity contribution in [2.24, 2.45) is 0 Å². The van der Waals surface area contributed by atoms with Gasteiger partial charge in [-0.25, -0.2) is 18.7 Å². The van der Waals surface area contributed by atoms with Gasteiger partial charge in [0.1, 0.15) is 5.60 Å². The number of pyridine rings is 1. The predicted octanol–water partition coefficient (Wildman–Crippen LogP) is 2.15. The third kappa shape index (κ3) is 5.33. The smallest absolute Gasteiger partial charge is 0.466 e. The monoisotopic (exact) mass is 365 g/mol. The number of aromatic nitrogens is 3. The molecular formula is C17H23N3O6. The lowest BCUT2D eigenvalue weighted by Gasteiger charge is -2.18. The molecular weight excluding hydrogens is 342 g/mol. The Kier molecular flexibility index (Phi) is 6.01. The number of ether oxygens (including phenoxy) is 3. The molecule has 9 nitrogen and oxygen atoms in total. The summed E-state index contributed by atoms with van der Waals surface area (Å²) in [5.41, 5.74) is -0.664. The van der Waals surface area contributed by atoms with E-state index < -0.39 is 17.4 Å². The molecule has 2 aromatic heterocycles. The molecule has 0 aromatic carbocycles. The van der Waals surface area contributed by atoms with Gasteiger partial charge >= 0.3 is 17.8 Å². The SMILES string of the molecule is CCOC(=O)CCCn1nc2ccc(OC(=O)OC(C)(C)C)cn2c1=O. The average Bonchev–Trinajstić information content (AvgIpc) is 2.82. The summed E-state index contributed by atoms with van der Waals surface area (Å²) in [5.74, 6) is -0.141. The minimum absolute atomic E-state index is 0.167. The van der Waals surface area contributed by atoms with Gasteiger partial charge in [-0.1, -0.05) is 0 Å². The summed E-state index contributed by atoms with van der Waals surface area (Å²) in [7, 11) is 0. The molecule has 0 aliphatic rings. The van der Waals surface area contributed by atoms with E-state index in [0.29, 0.717) is 18.7 Å². The summed E-state index contributed by atoms with van der Waals surface area (Å²) in [6, 6.07) is 3.08. The molecule has 26 heavy (non-hydrogen) atoms. The van der Waals surface area contributed by atoms with E-state index in [4.69, 9.17) is 14.2 Å². The normalized spacial score (nSPS) is 11.4. The van der Waals surface area contributed by atoms with E-state index in [2.05, 4.69) is 5.10 Å². The number of carbonyl (C=O) groups excluding carboxylic acids is 2. The number of nitrogens with zero attached hydrogens (tertiary/aromatic N) is 3. The zero-order valence-corrected chi connectivity index (χ0v) is 15.4. The molecule has 0 radical (unpaired) electrons. The van der Waals surface area contributed by atoms with E-state index >= 15 is 0 Å². The van der Waals surface area contributed by atoms with Crippen LogP contribution < -0.4 is 10.4 Å². The molecule has 2 rings (SSSR count). The molecule has 0 saturated carbocycles. The van der Waals surface area contributed by atoms with Gasteiger partial charge in [0.25, 0.3) is 0 Å². The van der Waals surface area contributed by atoms with E-state index in [0.717, 1.165) is 0 Å². The van der Waals surface area contributed by atoms with Crippen LogP contribution in [0.4, 0.5) is 4.79 Å². The molecule has 0 spiro atoms. The number of aryl methyl sites for hydroxylation is 1. The lowest BCUT2D eigenvalue weighted by atomic mass is 10.2. The Bertz CT molecular complexity index is 846. The Morgan fingerprint density at radius 3 is 2.62 bits per heavy atom. The van der Waals surface area contributed by atoms with Crippen molar-refractivity contribution in [2.75, 3.05) is 6.61 Å². The van der Waals surface area contributed by atoms with Crippen molar-refractivity contribution < 1.29 is 23.8 Å². The Labute approximate surface area is 150 Å². The van der Waals surface area contributed by atoms with Crippen LogP contribution in [0, 0.1) is 0 Å². The van der Waals surface area contributed by atoms with Crippen LogP contribution in [0.15, 0.2) is 23.1 Å². The van der Waals surface area contributed by atoms with Crippen LogP contribution in [0.3, 0.4) is 0 Å². The van der Waals surface area contributed by atoms with Crippen LogP contribution in [0.5, 0.6) is 5.75 Å². The molecule has 0 unspecified atom stereocenters. The first-order valence-electron chi connectivity index (χ1n) is 8.35. The quantitative estimate of drug-likeness (QED) is 0.723. The van der Waals surface area contributed by atoms with Crippen LogP contribution in [-0.4, -0.2) is 38.5 Å². The highest BCUT2D eigenvalue weighted by Crippen LogP contribution is 2.14. The molecule has 142 valence electrons. The number of hydrogen-bond donors (Lipinski definition) is 0. The van der Waals surface area contributed by atoms with Gasteiger partial charge in [-0.05, 0) is 46.2 Å². The number of fused-ring (bicyclic) bond motifs is 1. The number of rotatable bonds is 6. The standard InChI is InChI=1S/C17H23N3O6/c1-5-24-14(21)7-6-10-20-15(22)19-11-12(8-9-13(19)18-20)25-16(23)26-17(2,3)4/h8-9,11H,5-7,10H2,1-4H3. The maximum Gasteiger partial charge on any atom is 0.514 e. The first kappa shape index (κ1) is 19.5. The first-order chi connectivity index (χ1) is 12.2. The van der Waals surface area contributed by atoms with Crippen molar-refractivity contribution in [3.8, 4) is 5.75 Å². The number of hydrogen-bond acceptors (Lipinski definition) is 7. The van der Waals surface area contributed by atoms with Gasteiger partial charge in [-0.3, -0.25) is 4.79 Å². The third-order valence-corrected chi connectivity index (χ3v) is 3.20. The second-order valence-electron chi connectivity index (χ2n) is 6.57. The average molecular weight is 365 g/mol. The maximum atomic E-state index is 12.4. The molecule has 9 heteroatoms. The molecule has 0 aliphatic carbocycles. The highest BCUT2D eigenvalue weighted by atomic mass is 16.7. The number of carbonyl (C=O) groups is 2. The van der Waals surface area contributed by atoms with Gasteiger partial charge in [0.05, 0.1) is 12.8 Å². The second kappa shape index (κ2) is 8.03. The fraction of sp³-hybridized carbons (Fsp3) is 0.529. The van der Waals surface area contributed by atoms with E-state index in [1.807, 2.05) is 0 Å². The summed E-state index contributed by atoms with van der Waals surface area (Å²) < 4.78 is 17.5. The minimum Gasteiger partial charge on any atom is -0.466 e. The van der Waals surface area contributed by atoms with Gasteiger partial charge < -0.3 is 14.2 Å². The van der Waals surface area contributed by atoms with Crippen molar-refractivity contribution >= 4 is 17.8 Å². The highest BCUT2D eigenvalue weighted by molar-refractivity contribution is 5.69. The zero-order valence-electron chi connectivity index (χ0n) is 15.4. The van der Waals surface area contributed by atoms with E-state index in [1.54, 1.807) is 33.8 Å². The summed E-state index contributed by atoms with van der Waals surface area (Å²) in [6.45, 7) is 7.52.